The number of halogens is 1. The zero-order chi connectivity index (χ0) is 15.4. The Labute approximate surface area is 133 Å². The Morgan fingerprint density at radius 1 is 1.24 bits per heavy atom. The summed E-state index contributed by atoms with van der Waals surface area (Å²) < 4.78 is 0. The van der Waals surface area contributed by atoms with Crippen molar-refractivity contribution < 1.29 is 4.79 Å². The number of nitrogens with two attached hydrogens (primary N) is 1. The van der Waals surface area contributed by atoms with Crippen LogP contribution < -0.4 is 11.1 Å². The van der Waals surface area contributed by atoms with E-state index in [2.05, 4.69) is 5.32 Å². The van der Waals surface area contributed by atoms with E-state index >= 15 is 0 Å². The fourth-order valence-electron chi connectivity index (χ4n) is 1.86. The highest BCUT2D eigenvalue weighted by atomic mass is 35.5. The third-order valence-corrected chi connectivity index (χ3v) is 4.30. The van der Waals surface area contributed by atoms with Crippen molar-refractivity contribution >= 4 is 40.6 Å². The van der Waals surface area contributed by atoms with Crippen molar-refractivity contribution in [1.82, 2.24) is 0 Å². The standard InChI is InChI=1S/C16H17ClN2OS/c1-10-3-5-13(18)15(7-10)21-9-16(20)19-14-6-4-12(17)8-11(14)2/h3-8H,9,18H2,1-2H3,(H,19,20). The maximum atomic E-state index is 12.0. The Morgan fingerprint density at radius 3 is 2.71 bits per heavy atom. The normalized spacial score (nSPS) is 10.4. The van der Waals surface area contributed by atoms with E-state index in [-0.39, 0.29) is 5.91 Å². The van der Waals surface area contributed by atoms with Crippen LogP contribution >= 0.6 is 23.4 Å². The van der Waals surface area contributed by atoms with Gasteiger partial charge >= 0.3 is 0 Å². The van der Waals surface area contributed by atoms with Crippen molar-refractivity contribution in [3.63, 3.8) is 0 Å². The zero-order valence-electron chi connectivity index (χ0n) is 11.9. The van der Waals surface area contributed by atoms with Gasteiger partial charge in [0.05, 0.1) is 5.75 Å². The number of hydrogen-bond donors (Lipinski definition) is 2. The molecule has 0 fully saturated rings. The quantitative estimate of drug-likeness (QED) is 0.653. The van der Waals surface area contributed by atoms with Gasteiger partial charge in [-0.15, -0.1) is 11.8 Å². The van der Waals surface area contributed by atoms with Crippen molar-refractivity contribution in [2.24, 2.45) is 0 Å². The van der Waals surface area contributed by atoms with Crippen LogP contribution in [0.5, 0.6) is 0 Å². The lowest BCUT2D eigenvalue weighted by molar-refractivity contribution is -0.113. The second kappa shape index (κ2) is 6.87. The van der Waals surface area contributed by atoms with Gasteiger partial charge in [0, 0.05) is 21.3 Å². The molecule has 0 heterocycles. The molecule has 0 saturated carbocycles. The molecule has 5 heteroatoms. The molecule has 0 radical (unpaired) electrons. The van der Waals surface area contributed by atoms with Gasteiger partial charge in [-0.3, -0.25) is 4.79 Å². The molecule has 3 N–H and O–H groups in total. The SMILES string of the molecule is Cc1ccc(N)c(SCC(=O)Nc2ccc(Cl)cc2C)c1. The lowest BCUT2D eigenvalue weighted by Crippen LogP contribution is -2.14. The molecule has 0 saturated heterocycles. The van der Waals surface area contributed by atoms with Crippen LogP contribution in [-0.2, 0) is 4.79 Å². The van der Waals surface area contributed by atoms with E-state index in [1.165, 1.54) is 11.8 Å². The maximum Gasteiger partial charge on any atom is 0.234 e. The van der Waals surface area contributed by atoms with Crippen molar-refractivity contribution in [1.29, 1.82) is 0 Å². The second-order valence-corrected chi connectivity index (χ2v) is 6.29. The number of thioether (sulfide) groups is 1. The molecule has 0 spiro atoms. The molecule has 0 aliphatic rings. The highest BCUT2D eigenvalue weighted by molar-refractivity contribution is 8.00. The number of rotatable bonds is 4. The van der Waals surface area contributed by atoms with E-state index in [4.69, 9.17) is 17.3 Å². The summed E-state index contributed by atoms with van der Waals surface area (Å²) in [5, 5.41) is 3.54. The van der Waals surface area contributed by atoms with E-state index in [1.807, 2.05) is 38.1 Å². The summed E-state index contributed by atoms with van der Waals surface area (Å²) in [6.07, 6.45) is 0. The van der Waals surface area contributed by atoms with Crippen LogP contribution in [-0.4, -0.2) is 11.7 Å². The largest absolute Gasteiger partial charge is 0.398 e. The number of hydrogen-bond acceptors (Lipinski definition) is 3. The lowest BCUT2D eigenvalue weighted by Gasteiger charge is -2.09. The van der Waals surface area contributed by atoms with Crippen LogP contribution in [0.4, 0.5) is 11.4 Å². The Bertz CT molecular complexity index is 673. The minimum atomic E-state index is -0.0636. The van der Waals surface area contributed by atoms with Crippen molar-refractivity contribution in [3.8, 4) is 0 Å². The summed E-state index contributed by atoms with van der Waals surface area (Å²) in [6.45, 7) is 3.91. The molecular weight excluding hydrogens is 304 g/mol. The van der Waals surface area contributed by atoms with Gasteiger partial charge < -0.3 is 11.1 Å². The van der Waals surface area contributed by atoms with E-state index in [9.17, 15) is 4.79 Å². The van der Waals surface area contributed by atoms with Gasteiger partial charge in [-0.25, -0.2) is 0 Å². The predicted molar refractivity (Wildman–Crippen MR) is 91.1 cm³/mol. The molecule has 0 aliphatic carbocycles. The average Bonchev–Trinajstić information content (AvgIpc) is 2.43. The summed E-state index contributed by atoms with van der Waals surface area (Å²) in [5.74, 6) is 0.252. The number of amides is 1. The first kappa shape index (κ1) is 15.7. The molecular formula is C16H17ClN2OS. The molecule has 0 atom stereocenters. The van der Waals surface area contributed by atoms with Crippen LogP contribution in [0.3, 0.4) is 0 Å². The van der Waals surface area contributed by atoms with Gasteiger partial charge in [0.15, 0.2) is 0 Å². The molecule has 0 bridgehead atoms. The molecule has 1 amide bonds. The molecule has 2 aromatic carbocycles. The number of anilines is 2. The minimum absolute atomic E-state index is 0.0636. The summed E-state index contributed by atoms with van der Waals surface area (Å²) in [7, 11) is 0. The first-order chi connectivity index (χ1) is 9.95. The van der Waals surface area contributed by atoms with Crippen LogP contribution in [0.2, 0.25) is 5.02 Å². The fraction of sp³-hybridized carbons (Fsp3) is 0.188. The minimum Gasteiger partial charge on any atom is -0.398 e. The van der Waals surface area contributed by atoms with Gasteiger partial charge in [0.2, 0.25) is 5.91 Å². The summed E-state index contributed by atoms with van der Waals surface area (Å²) in [5.41, 5.74) is 9.44. The second-order valence-electron chi connectivity index (χ2n) is 4.84. The topological polar surface area (TPSA) is 55.1 Å². The number of aryl methyl sites for hydroxylation is 2. The van der Waals surface area contributed by atoms with Crippen molar-refractivity contribution in [3.05, 3.63) is 52.5 Å². The molecule has 2 rings (SSSR count). The molecule has 110 valence electrons. The van der Waals surface area contributed by atoms with Gasteiger partial charge in [-0.2, -0.15) is 0 Å². The molecule has 3 nitrogen and oxygen atoms in total. The number of carbonyl (C=O) groups is 1. The Morgan fingerprint density at radius 2 is 2.00 bits per heavy atom. The highest BCUT2D eigenvalue weighted by Gasteiger charge is 2.08. The predicted octanol–water partition coefficient (Wildman–Crippen LogP) is 4.27. The van der Waals surface area contributed by atoms with E-state index < -0.39 is 0 Å². The summed E-state index contributed by atoms with van der Waals surface area (Å²) >= 11 is 7.33. The van der Waals surface area contributed by atoms with Crippen LogP contribution in [0.15, 0.2) is 41.3 Å². The first-order valence-corrected chi connectivity index (χ1v) is 7.87. The Balaban J connectivity index is 1.97. The van der Waals surface area contributed by atoms with Crippen LogP contribution in [0.25, 0.3) is 0 Å². The van der Waals surface area contributed by atoms with E-state index in [0.29, 0.717) is 16.5 Å². The van der Waals surface area contributed by atoms with Crippen molar-refractivity contribution in [2.45, 2.75) is 18.7 Å². The summed E-state index contributed by atoms with van der Waals surface area (Å²) in [4.78, 5) is 12.9. The van der Waals surface area contributed by atoms with Crippen LogP contribution in [0.1, 0.15) is 11.1 Å². The monoisotopic (exact) mass is 320 g/mol. The Hall–Kier alpha value is -1.65. The van der Waals surface area contributed by atoms with Crippen molar-refractivity contribution in [2.75, 3.05) is 16.8 Å². The third-order valence-electron chi connectivity index (χ3n) is 2.99. The Kier molecular flexibility index (Phi) is 5.15. The molecule has 21 heavy (non-hydrogen) atoms. The summed E-state index contributed by atoms with van der Waals surface area (Å²) in [6, 6.07) is 11.2. The number of carbonyl (C=O) groups excluding carboxylic acids is 1. The van der Waals surface area contributed by atoms with Crippen LogP contribution in [0, 0.1) is 13.8 Å². The molecule has 2 aromatic rings. The zero-order valence-corrected chi connectivity index (χ0v) is 13.5. The smallest absolute Gasteiger partial charge is 0.234 e. The molecule has 0 unspecified atom stereocenters. The molecule has 0 aromatic heterocycles. The number of nitrogen functional groups attached to an aromatic ring is 1. The first-order valence-electron chi connectivity index (χ1n) is 6.50. The number of benzene rings is 2. The third kappa shape index (κ3) is 4.41. The lowest BCUT2D eigenvalue weighted by atomic mass is 10.2. The van der Waals surface area contributed by atoms with Gasteiger partial charge in [0.1, 0.15) is 0 Å². The number of nitrogens with one attached hydrogen (secondary N) is 1. The van der Waals surface area contributed by atoms with Gasteiger partial charge in [0.25, 0.3) is 0 Å². The maximum absolute atomic E-state index is 12.0. The van der Waals surface area contributed by atoms with Gasteiger partial charge in [-0.1, -0.05) is 17.7 Å². The highest BCUT2D eigenvalue weighted by Crippen LogP contribution is 2.26. The fourth-order valence-corrected chi connectivity index (χ4v) is 2.95. The van der Waals surface area contributed by atoms with Gasteiger partial charge in [-0.05, 0) is 55.3 Å². The van der Waals surface area contributed by atoms with E-state index in [1.54, 1.807) is 12.1 Å². The average molecular weight is 321 g/mol. The molecule has 0 aliphatic heterocycles. The van der Waals surface area contributed by atoms with E-state index in [0.717, 1.165) is 21.7 Å².